The third-order valence-corrected chi connectivity index (χ3v) is 2.75. The summed E-state index contributed by atoms with van der Waals surface area (Å²) in [6, 6.07) is 11.1. The Kier molecular flexibility index (Phi) is 1.65. The number of hydrogen-bond acceptors (Lipinski definition) is 3. The van der Waals surface area contributed by atoms with Gasteiger partial charge in [0.1, 0.15) is 6.04 Å². The first-order valence-corrected chi connectivity index (χ1v) is 4.78. The zero-order valence-electron chi connectivity index (χ0n) is 7.92. The summed E-state index contributed by atoms with van der Waals surface area (Å²) in [5.41, 5.74) is 3.78. The lowest BCUT2D eigenvalue weighted by atomic mass is 10.1. The van der Waals surface area contributed by atoms with Crippen molar-refractivity contribution in [3.63, 3.8) is 0 Å². The molecule has 0 radical (unpaired) electrons. The summed E-state index contributed by atoms with van der Waals surface area (Å²) >= 11 is 0. The summed E-state index contributed by atoms with van der Waals surface area (Å²) in [6.45, 7) is 0. The zero-order valence-corrected chi connectivity index (χ0v) is 7.92. The second-order valence-corrected chi connectivity index (χ2v) is 3.54. The largest absolute Gasteiger partial charge is 0.256 e. The maximum atomic E-state index is 10.9. The van der Waals surface area contributed by atoms with Gasteiger partial charge in [0.25, 0.3) is 0 Å². The third kappa shape index (κ3) is 1.03. The molecule has 0 saturated heterocycles. The molecule has 0 spiro atoms. The van der Waals surface area contributed by atoms with Gasteiger partial charge in [-0.1, -0.05) is 35.5 Å². The van der Waals surface area contributed by atoms with Gasteiger partial charge in [0.2, 0.25) is 0 Å². The van der Waals surface area contributed by atoms with E-state index in [-0.39, 0.29) is 6.04 Å². The Labute approximate surface area is 86.8 Å². The van der Waals surface area contributed by atoms with Crippen LogP contribution >= 0.6 is 0 Å². The number of benzene rings is 1. The average Bonchev–Trinajstić information content (AvgIpc) is 2.63. The SMILES string of the molecule is O=NC1c2ccccc2-c2ncccc21. The van der Waals surface area contributed by atoms with Gasteiger partial charge in [0.05, 0.1) is 5.69 Å². The summed E-state index contributed by atoms with van der Waals surface area (Å²) in [5.74, 6) is 0. The zero-order chi connectivity index (χ0) is 10.3. The standard InChI is InChI=1S/C12H8N2O/c15-14-12-9-5-2-1-4-8(9)11-10(12)6-3-7-13-11/h1-7,12H. The lowest BCUT2D eigenvalue weighted by molar-refractivity contribution is 0.888. The molecule has 3 nitrogen and oxygen atoms in total. The van der Waals surface area contributed by atoms with E-state index in [4.69, 9.17) is 0 Å². The monoisotopic (exact) mass is 196 g/mol. The van der Waals surface area contributed by atoms with E-state index in [1.807, 2.05) is 36.4 Å². The van der Waals surface area contributed by atoms with Crippen LogP contribution in [0, 0.1) is 4.91 Å². The molecule has 1 aliphatic rings. The summed E-state index contributed by atoms with van der Waals surface area (Å²) in [6.07, 6.45) is 1.74. The Bertz CT molecular complexity index is 491. The molecular weight excluding hydrogens is 188 g/mol. The molecule has 1 aromatic carbocycles. The van der Waals surface area contributed by atoms with Crippen LogP contribution < -0.4 is 0 Å². The van der Waals surface area contributed by atoms with Crippen molar-refractivity contribution >= 4 is 0 Å². The number of nitrogens with zero attached hydrogens (tertiary/aromatic N) is 2. The molecule has 3 rings (SSSR count). The van der Waals surface area contributed by atoms with Crippen molar-refractivity contribution in [2.75, 3.05) is 0 Å². The molecule has 1 aliphatic carbocycles. The number of aromatic nitrogens is 1. The third-order valence-electron chi connectivity index (χ3n) is 2.75. The first kappa shape index (κ1) is 8.29. The molecule has 0 bridgehead atoms. The Hall–Kier alpha value is -2.03. The number of rotatable bonds is 1. The summed E-state index contributed by atoms with van der Waals surface area (Å²) < 4.78 is 0. The second-order valence-electron chi connectivity index (χ2n) is 3.54. The van der Waals surface area contributed by atoms with Crippen LogP contribution in [0.2, 0.25) is 0 Å². The maximum absolute atomic E-state index is 10.9. The lowest BCUT2D eigenvalue weighted by Crippen LogP contribution is -1.90. The van der Waals surface area contributed by atoms with Gasteiger partial charge in [-0.05, 0) is 11.6 Å². The van der Waals surface area contributed by atoms with Crippen molar-refractivity contribution in [2.24, 2.45) is 5.18 Å². The van der Waals surface area contributed by atoms with Crippen LogP contribution in [-0.4, -0.2) is 4.98 Å². The molecule has 72 valence electrons. The van der Waals surface area contributed by atoms with Crippen LogP contribution in [0.4, 0.5) is 0 Å². The van der Waals surface area contributed by atoms with Gasteiger partial charge in [-0.25, -0.2) is 0 Å². The van der Waals surface area contributed by atoms with Gasteiger partial charge in [-0.3, -0.25) is 4.98 Å². The molecule has 15 heavy (non-hydrogen) atoms. The molecule has 1 heterocycles. The number of fused-ring (bicyclic) bond motifs is 3. The quantitative estimate of drug-likeness (QED) is 0.658. The van der Waals surface area contributed by atoms with Crippen molar-refractivity contribution in [3.8, 4) is 11.3 Å². The van der Waals surface area contributed by atoms with Gasteiger partial charge < -0.3 is 0 Å². The Morgan fingerprint density at radius 2 is 1.87 bits per heavy atom. The molecule has 1 aromatic heterocycles. The van der Waals surface area contributed by atoms with Crippen molar-refractivity contribution in [3.05, 3.63) is 58.6 Å². The molecule has 3 heteroatoms. The Morgan fingerprint density at radius 3 is 2.73 bits per heavy atom. The molecule has 0 fully saturated rings. The fourth-order valence-electron chi connectivity index (χ4n) is 2.10. The van der Waals surface area contributed by atoms with E-state index < -0.39 is 0 Å². The van der Waals surface area contributed by atoms with E-state index in [9.17, 15) is 4.91 Å². The van der Waals surface area contributed by atoms with Crippen molar-refractivity contribution < 1.29 is 0 Å². The maximum Gasteiger partial charge on any atom is 0.145 e. The second kappa shape index (κ2) is 2.98. The van der Waals surface area contributed by atoms with Gasteiger partial charge in [0.15, 0.2) is 0 Å². The fraction of sp³-hybridized carbons (Fsp3) is 0.0833. The van der Waals surface area contributed by atoms with Crippen LogP contribution in [0.3, 0.4) is 0 Å². The van der Waals surface area contributed by atoms with E-state index in [0.717, 1.165) is 22.4 Å². The molecule has 2 aromatic rings. The highest BCUT2D eigenvalue weighted by molar-refractivity contribution is 5.75. The van der Waals surface area contributed by atoms with Crippen molar-refractivity contribution in [2.45, 2.75) is 6.04 Å². The van der Waals surface area contributed by atoms with Crippen LogP contribution in [-0.2, 0) is 0 Å². The summed E-state index contributed by atoms with van der Waals surface area (Å²) in [5, 5.41) is 3.18. The first-order chi connectivity index (χ1) is 7.42. The van der Waals surface area contributed by atoms with E-state index in [1.165, 1.54) is 0 Å². The molecule has 0 amide bonds. The molecule has 0 aliphatic heterocycles. The van der Waals surface area contributed by atoms with Gasteiger partial charge in [-0.15, -0.1) is 4.91 Å². The highest BCUT2D eigenvalue weighted by Gasteiger charge is 2.29. The van der Waals surface area contributed by atoms with E-state index in [0.29, 0.717) is 0 Å². The smallest absolute Gasteiger partial charge is 0.145 e. The predicted molar refractivity (Wildman–Crippen MR) is 57.3 cm³/mol. The van der Waals surface area contributed by atoms with Gasteiger partial charge in [-0.2, -0.15) is 0 Å². The van der Waals surface area contributed by atoms with Crippen LogP contribution in [0.5, 0.6) is 0 Å². The number of nitroso groups, excluding NO2 is 1. The molecule has 1 atom stereocenters. The molecule has 0 N–H and O–H groups in total. The highest BCUT2D eigenvalue weighted by Crippen LogP contribution is 2.43. The van der Waals surface area contributed by atoms with Crippen LogP contribution in [0.15, 0.2) is 47.8 Å². The van der Waals surface area contributed by atoms with E-state index in [2.05, 4.69) is 10.2 Å². The average molecular weight is 196 g/mol. The van der Waals surface area contributed by atoms with E-state index in [1.54, 1.807) is 6.20 Å². The summed E-state index contributed by atoms with van der Waals surface area (Å²) in [4.78, 5) is 15.2. The molecular formula is C12H8N2O. The first-order valence-electron chi connectivity index (χ1n) is 4.78. The fourth-order valence-corrected chi connectivity index (χ4v) is 2.10. The van der Waals surface area contributed by atoms with Crippen LogP contribution in [0.25, 0.3) is 11.3 Å². The predicted octanol–water partition coefficient (Wildman–Crippen LogP) is 2.92. The molecule has 1 unspecified atom stereocenters. The minimum absolute atomic E-state index is 0.384. The van der Waals surface area contributed by atoms with Crippen molar-refractivity contribution in [1.29, 1.82) is 0 Å². The minimum atomic E-state index is -0.384. The van der Waals surface area contributed by atoms with Crippen molar-refractivity contribution in [1.82, 2.24) is 4.98 Å². The van der Waals surface area contributed by atoms with Gasteiger partial charge in [0, 0.05) is 17.3 Å². The summed E-state index contributed by atoms with van der Waals surface area (Å²) in [7, 11) is 0. The van der Waals surface area contributed by atoms with Gasteiger partial charge >= 0.3 is 0 Å². The normalized spacial score (nSPS) is 16.9. The van der Waals surface area contributed by atoms with E-state index >= 15 is 0 Å². The highest BCUT2D eigenvalue weighted by atomic mass is 16.3. The number of hydrogen-bond donors (Lipinski definition) is 0. The Morgan fingerprint density at radius 1 is 1.07 bits per heavy atom. The lowest BCUT2D eigenvalue weighted by Gasteiger charge is -2.01. The number of pyridine rings is 1. The minimum Gasteiger partial charge on any atom is -0.256 e. The molecule has 0 saturated carbocycles. The topological polar surface area (TPSA) is 42.3 Å². The van der Waals surface area contributed by atoms with Crippen LogP contribution in [0.1, 0.15) is 17.2 Å². The Balaban J connectivity index is 2.35.